The van der Waals surface area contributed by atoms with E-state index < -0.39 is 0 Å². The largest absolute Gasteiger partial charge is 0.497 e. The zero-order valence-corrected chi connectivity index (χ0v) is 13.4. The number of thioether (sulfide) groups is 1. The van der Waals surface area contributed by atoms with Gasteiger partial charge >= 0.3 is 0 Å². The average Bonchev–Trinajstić information content (AvgIpc) is 3.14. The van der Waals surface area contributed by atoms with Crippen molar-refractivity contribution in [3.8, 4) is 17.0 Å². The molecular weight excluding hydrogens is 314 g/mol. The molecule has 0 bridgehead atoms. The van der Waals surface area contributed by atoms with Crippen LogP contribution in [-0.4, -0.2) is 32.5 Å². The molecule has 2 aromatic heterocycles. The minimum atomic E-state index is 0.470. The molecule has 1 saturated carbocycles. The van der Waals surface area contributed by atoms with E-state index in [0.29, 0.717) is 11.8 Å². The molecule has 0 aliphatic heterocycles. The number of hydrogen-bond acceptors (Lipinski definition) is 7. The third-order valence-corrected chi connectivity index (χ3v) is 4.60. The van der Waals surface area contributed by atoms with Crippen molar-refractivity contribution >= 4 is 11.8 Å². The Morgan fingerprint density at radius 2 is 2.13 bits per heavy atom. The molecule has 0 spiro atoms. The Bertz CT molecular complexity index is 794. The van der Waals surface area contributed by atoms with E-state index in [2.05, 4.69) is 20.7 Å². The molecule has 0 saturated heterocycles. The maximum Gasteiger partial charge on any atom is 0.210 e. The number of aromatic nitrogens is 5. The molecule has 1 aromatic carbocycles. The van der Waals surface area contributed by atoms with Gasteiger partial charge in [0.05, 0.1) is 18.9 Å². The Balaban J connectivity index is 1.44. The Labute approximate surface area is 137 Å². The maximum absolute atomic E-state index is 5.41. The second-order valence-corrected chi connectivity index (χ2v) is 6.28. The summed E-state index contributed by atoms with van der Waals surface area (Å²) in [6.07, 6.45) is 2.31. The van der Waals surface area contributed by atoms with Gasteiger partial charge in [-0.1, -0.05) is 16.9 Å². The van der Waals surface area contributed by atoms with Crippen molar-refractivity contribution in [3.05, 3.63) is 36.1 Å². The molecule has 4 rings (SSSR count). The quantitative estimate of drug-likeness (QED) is 0.643. The van der Waals surface area contributed by atoms with Crippen LogP contribution in [0.3, 0.4) is 0 Å². The summed E-state index contributed by atoms with van der Waals surface area (Å²) in [5.41, 5.74) is 1.80. The summed E-state index contributed by atoms with van der Waals surface area (Å²) in [6, 6.07) is 10.1. The smallest absolute Gasteiger partial charge is 0.210 e. The number of benzene rings is 1. The monoisotopic (exact) mass is 329 g/mol. The van der Waals surface area contributed by atoms with Gasteiger partial charge in [0.25, 0.3) is 0 Å². The van der Waals surface area contributed by atoms with Crippen LogP contribution in [0.4, 0.5) is 0 Å². The summed E-state index contributed by atoms with van der Waals surface area (Å²) in [7, 11) is 1.65. The lowest BCUT2D eigenvalue weighted by atomic mass is 10.1. The first-order valence-electron chi connectivity index (χ1n) is 7.34. The van der Waals surface area contributed by atoms with Crippen molar-refractivity contribution in [2.24, 2.45) is 0 Å². The molecule has 23 heavy (non-hydrogen) atoms. The van der Waals surface area contributed by atoms with Crippen LogP contribution in [-0.2, 0) is 5.75 Å². The van der Waals surface area contributed by atoms with Crippen molar-refractivity contribution in [3.63, 3.8) is 0 Å². The van der Waals surface area contributed by atoms with Crippen LogP contribution in [0.25, 0.3) is 11.3 Å². The van der Waals surface area contributed by atoms with E-state index in [1.54, 1.807) is 18.9 Å². The lowest BCUT2D eigenvalue weighted by Crippen LogP contribution is -1.98. The normalized spacial score (nSPS) is 14.1. The van der Waals surface area contributed by atoms with Gasteiger partial charge in [0, 0.05) is 11.6 Å². The van der Waals surface area contributed by atoms with Crippen LogP contribution in [0.5, 0.6) is 5.75 Å². The van der Waals surface area contributed by atoms with E-state index in [9.17, 15) is 0 Å². The third-order valence-electron chi connectivity index (χ3n) is 3.64. The number of methoxy groups -OCH3 is 1. The van der Waals surface area contributed by atoms with E-state index in [-0.39, 0.29) is 0 Å². The van der Waals surface area contributed by atoms with Crippen LogP contribution < -0.4 is 4.74 Å². The predicted molar refractivity (Wildman–Crippen MR) is 84.1 cm³/mol. The molecule has 3 aromatic rings. The van der Waals surface area contributed by atoms with Crippen LogP contribution in [0, 0.1) is 0 Å². The third kappa shape index (κ3) is 3.07. The fourth-order valence-electron chi connectivity index (χ4n) is 2.24. The maximum atomic E-state index is 5.41. The Hall–Kier alpha value is -2.35. The number of rotatable bonds is 6. The molecule has 1 fully saturated rings. The van der Waals surface area contributed by atoms with Gasteiger partial charge in [0.15, 0.2) is 0 Å². The van der Waals surface area contributed by atoms with Crippen LogP contribution in [0.1, 0.15) is 24.6 Å². The first kappa shape index (κ1) is 14.3. The van der Waals surface area contributed by atoms with E-state index >= 15 is 0 Å². The number of hydrogen-bond donors (Lipinski definition) is 0. The zero-order chi connectivity index (χ0) is 15.6. The molecule has 7 nitrogen and oxygen atoms in total. The number of nitrogens with zero attached hydrogens (tertiary/aromatic N) is 5. The van der Waals surface area contributed by atoms with Gasteiger partial charge in [-0.3, -0.25) is 0 Å². The van der Waals surface area contributed by atoms with Gasteiger partial charge < -0.3 is 9.26 Å². The van der Waals surface area contributed by atoms with E-state index in [1.165, 1.54) is 0 Å². The number of ether oxygens (including phenoxy) is 1. The van der Waals surface area contributed by atoms with Crippen LogP contribution in [0.2, 0.25) is 0 Å². The second-order valence-electron chi connectivity index (χ2n) is 5.33. The van der Waals surface area contributed by atoms with Crippen LogP contribution in [0.15, 0.2) is 40.0 Å². The molecule has 0 atom stereocenters. The average molecular weight is 329 g/mol. The molecule has 0 N–H and O–H groups in total. The molecule has 0 radical (unpaired) electrons. The second kappa shape index (κ2) is 6.04. The van der Waals surface area contributed by atoms with Crippen molar-refractivity contribution < 1.29 is 9.26 Å². The molecule has 0 amide bonds. The highest BCUT2D eigenvalue weighted by molar-refractivity contribution is 7.98. The SMILES string of the molecule is COc1ccc(-c2cc(CSc3nnnn3C3CC3)on2)cc1. The first-order valence-corrected chi connectivity index (χ1v) is 8.33. The highest BCUT2D eigenvalue weighted by atomic mass is 32.2. The van der Waals surface area contributed by atoms with Gasteiger partial charge in [0.1, 0.15) is 17.2 Å². The topological polar surface area (TPSA) is 78.9 Å². The van der Waals surface area contributed by atoms with Gasteiger partial charge in [0.2, 0.25) is 5.16 Å². The molecule has 1 aliphatic carbocycles. The van der Waals surface area contributed by atoms with Crippen molar-refractivity contribution in [2.75, 3.05) is 7.11 Å². The Morgan fingerprint density at radius 1 is 1.30 bits per heavy atom. The zero-order valence-electron chi connectivity index (χ0n) is 12.5. The van der Waals surface area contributed by atoms with Crippen molar-refractivity contribution in [2.45, 2.75) is 29.8 Å². The first-order chi connectivity index (χ1) is 11.3. The fraction of sp³-hybridized carbons (Fsp3) is 0.333. The summed E-state index contributed by atoms with van der Waals surface area (Å²) in [4.78, 5) is 0. The minimum Gasteiger partial charge on any atom is -0.497 e. The van der Waals surface area contributed by atoms with E-state index in [1.807, 2.05) is 35.0 Å². The fourth-order valence-corrected chi connectivity index (χ4v) is 3.06. The lowest BCUT2D eigenvalue weighted by molar-refractivity contribution is 0.397. The van der Waals surface area contributed by atoms with Gasteiger partial charge in [-0.2, -0.15) is 0 Å². The molecular formula is C15H15N5O2S. The van der Waals surface area contributed by atoms with Crippen molar-refractivity contribution in [1.29, 1.82) is 0 Å². The van der Waals surface area contributed by atoms with E-state index in [0.717, 1.165) is 40.8 Å². The standard InChI is InChI=1S/C15H15N5O2S/c1-21-12-6-2-10(3-7-12)14-8-13(22-17-14)9-23-15-16-18-19-20(15)11-4-5-11/h2-3,6-8,11H,4-5,9H2,1H3. The summed E-state index contributed by atoms with van der Waals surface area (Å²) < 4.78 is 12.5. The summed E-state index contributed by atoms with van der Waals surface area (Å²) in [6.45, 7) is 0. The summed E-state index contributed by atoms with van der Waals surface area (Å²) in [5.74, 6) is 2.27. The van der Waals surface area contributed by atoms with Gasteiger partial charge in [-0.05, 0) is 47.5 Å². The molecule has 2 heterocycles. The molecule has 118 valence electrons. The molecule has 0 unspecified atom stereocenters. The van der Waals surface area contributed by atoms with Crippen LogP contribution >= 0.6 is 11.8 Å². The van der Waals surface area contributed by atoms with Crippen molar-refractivity contribution in [1.82, 2.24) is 25.4 Å². The van der Waals surface area contributed by atoms with Gasteiger partial charge in [-0.25, -0.2) is 4.68 Å². The van der Waals surface area contributed by atoms with Gasteiger partial charge in [-0.15, -0.1) is 5.10 Å². The summed E-state index contributed by atoms with van der Waals surface area (Å²) >= 11 is 1.56. The minimum absolute atomic E-state index is 0.470. The Morgan fingerprint density at radius 3 is 2.87 bits per heavy atom. The predicted octanol–water partition coefficient (Wildman–Crippen LogP) is 2.96. The molecule has 1 aliphatic rings. The lowest BCUT2D eigenvalue weighted by Gasteiger charge is -2.00. The number of tetrazole rings is 1. The Kier molecular flexibility index (Phi) is 3.74. The highest BCUT2D eigenvalue weighted by Crippen LogP contribution is 2.37. The summed E-state index contributed by atoms with van der Waals surface area (Å²) in [5, 5.41) is 16.8. The highest BCUT2D eigenvalue weighted by Gasteiger charge is 2.28. The molecule has 8 heteroatoms. The van der Waals surface area contributed by atoms with E-state index in [4.69, 9.17) is 9.26 Å².